The Morgan fingerprint density at radius 3 is 2.45 bits per heavy atom. The van der Waals surface area contributed by atoms with Gasteiger partial charge in [0.1, 0.15) is 11.9 Å². The molecule has 0 aromatic heterocycles. The summed E-state index contributed by atoms with van der Waals surface area (Å²) in [7, 11) is 0. The van der Waals surface area contributed by atoms with Gasteiger partial charge in [0.25, 0.3) is 0 Å². The van der Waals surface area contributed by atoms with Gasteiger partial charge in [-0.15, -0.1) is 0 Å². The maximum Gasteiger partial charge on any atom is 0.138 e. The topological polar surface area (TPSA) is 35.2 Å². The quantitative estimate of drug-likeness (QED) is 0.894. The molecular weight excluding hydrogens is 270 g/mol. The van der Waals surface area contributed by atoms with Gasteiger partial charge >= 0.3 is 0 Å². The van der Waals surface area contributed by atoms with Crippen molar-refractivity contribution in [2.45, 2.75) is 31.4 Å². The molecule has 0 heterocycles. The fourth-order valence-corrected chi connectivity index (χ4v) is 3.09. The van der Waals surface area contributed by atoms with E-state index in [1.54, 1.807) is 0 Å². The van der Waals surface area contributed by atoms with Crippen molar-refractivity contribution in [1.82, 2.24) is 0 Å². The van der Waals surface area contributed by atoms with Gasteiger partial charge in [-0.25, -0.2) is 0 Å². The van der Waals surface area contributed by atoms with Gasteiger partial charge in [0.05, 0.1) is 11.1 Å². The smallest absolute Gasteiger partial charge is 0.138 e. The number of nitrogens with two attached hydrogens (primary N) is 1. The average Bonchev–Trinajstić information content (AvgIpc) is 2.47. The first-order valence-electron chi connectivity index (χ1n) is 6.92. The molecule has 3 unspecified atom stereocenters. The van der Waals surface area contributed by atoms with Crippen LogP contribution in [0.5, 0.6) is 5.75 Å². The highest BCUT2D eigenvalue weighted by Gasteiger charge is 2.32. The van der Waals surface area contributed by atoms with Gasteiger partial charge in [0.15, 0.2) is 0 Å². The maximum absolute atomic E-state index is 6.38. The zero-order chi connectivity index (χ0) is 14.1. The zero-order valence-corrected chi connectivity index (χ0v) is 12.2. The van der Waals surface area contributed by atoms with Gasteiger partial charge in [0.2, 0.25) is 0 Å². The number of hydrogen-bond acceptors (Lipinski definition) is 2. The van der Waals surface area contributed by atoms with Crippen LogP contribution in [0.2, 0.25) is 5.02 Å². The molecule has 0 saturated heterocycles. The second-order valence-electron chi connectivity index (χ2n) is 5.38. The Morgan fingerprint density at radius 1 is 1.05 bits per heavy atom. The largest absolute Gasteiger partial charge is 0.487 e. The van der Waals surface area contributed by atoms with E-state index < -0.39 is 0 Å². The summed E-state index contributed by atoms with van der Waals surface area (Å²) in [5, 5.41) is 0.631. The summed E-state index contributed by atoms with van der Waals surface area (Å²) in [6.45, 7) is 2.22. The van der Waals surface area contributed by atoms with Crippen molar-refractivity contribution in [3.05, 3.63) is 64.7 Å². The van der Waals surface area contributed by atoms with Crippen molar-refractivity contribution < 1.29 is 4.74 Å². The minimum absolute atomic E-state index is 0.0419. The molecule has 0 radical (unpaired) electrons. The molecule has 3 atom stereocenters. The van der Waals surface area contributed by atoms with E-state index >= 15 is 0 Å². The lowest BCUT2D eigenvalue weighted by Gasteiger charge is -2.35. The lowest BCUT2D eigenvalue weighted by atomic mass is 9.79. The first kappa shape index (κ1) is 13.5. The third kappa shape index (κ3) is 2.41. The summed E-state index contributed by atoms with van der Waals surface area (Å²) in [5.41, 5.74) is 8.90. The first-order chi connectivity index (χ1) is 9.66. The Morgan fingerprint density at radius 2 is 1.70 bits per heavy atom. The Kier molecular flexibility index (Phi) is 3.68. The van der Waals surface area contributed by atoms with E-state index in [9.17, 15) is 0 Å². The number of halogens is 1. The molecule has 2 nitrogen and oxygen atoms in total. The molecule has 1 aliphatic rings. The van der Waals surface area contributed by atoms with E-state index in [2.05, 4.69) is 25.1 Å². The zero-order valence-electron chi connectivity index (χ0n) is 11.4. The molecule has 0 spiro atoms. The predicted molar refractivity (Wildman–Crippen MR) is 82.3 cm³/mol. The molecule has 1 aliphatic carbocycles. The van der Waals surface area contributed by atoms with E-state index in [0.29, 0.717) is 16.7 Å². The molecule has 3 heteroatoms. The summed E-state index contributed by atoms with van der Waals surface area (Å²) in [5.74, 6) is 1.15. The Labute approximate surface area is 124 Å². The summed E-state index contributed by atoms with van der Waals surface area (Å²) < 4.78 is 6.07. The van der Waals surface area contributed by atoms with Crippen LogP contribution in [0, 0.1) is 0 Å². The van der Waals surface area contributed by atoms with Gasteiger partial charge in [-0.2, -0.15) is 0 Å². The number of fused-ring (bicyclic) bond motifs is 1. The van der Waals surface area contributed by atoms with Crippen LogP contribution in [-0.4, -0.2) is 6.10 Å². The molecule has 0 fully saturated rings. The van der Waals surface area contributed by atoms with Gasteiger partial charge in [0, 0.05) is 0 Å². The Bertz CT molecular complexity index is 613. The molecule has 2 N–H and O–H groups in total. The van der Waals surface area contributed by atoms with Crippen molar-refractivity contribution in [2.75, 3.05) is 0 Å². The molecule has 20 heavy (non-hydrogen) atoms. The third-order valence-electron chi connectivity index (χ3n) is 3.99. The molecular formula is C17H18ClNO. The van der Waals surface area contributed by atoms with Crippen LogP contribution in [-0.2, 0) is 0 Å². The van der Waals surface area contributed by atoms with Gasteiger partial charge in [-0.1, -0.05) is 54.9 Å². The minimum Gasteiger partial charge on any atom is -0.487 e. The van der Waals surface area contributed by atoms with Crippen LogP contribution in [0.4, 0.5) is 0 Å². The van der Waals surface area contributed by atoms with Gasteiger partial charge < -0.3 is 10.5 Å². The molecule has 0 amide bonds. The molecule has 3 rings (SSSR count). The lowest BCUT2D eigenvalue weighted by Crippen LogP contribution is -2.37. The standard InChI is InChI=1S/C17H18ClNO/c1-11-10-16(20-15-9-5-4-8-14(15)18)17(19)13-7-3-2-6-12(11)13/h2-9,11,16-17H,10,19H2,1H3. The van der Waals surface area contributed by atoms with E-state index in [4.69, 9.17) is 22.1 Å². The van der Waals surface area contributed by atoms with Crippen LogP contribution in [0.1, 0.15) is 36.4 Å². The highest BCUT2D eigenvalue weighted by molar-refractivity contribution is 6.32. The average molecular weight is 288 g/mol. The minimum atomic E-state index is -0.112. The number of para-hydroxylation sites is 1. The maximum atomic E-state index is 6.38. The highest BCUT2D eigenvalue weighted by Crippen LogP contribution is 2.38. The number of ether oxygens (including phenoxy) is 1. The lowest BCUT2D eigenvalue weighted by molar-refractivity contribution is 0.144. The van der Waals surface area contributed by atoms with E-state index in [-0.39, 0.29) is 12.1 Å². The molecule has 2 aromatic rings. The van der Waals surface area contributed by atoms with Gasteiger partial charge in [-0.3, -0.25) is 0 Å². The highest BCUT2D eigenvalue weighted by atomic mass is 35.5. The summed E-state index contributed by atoms with van der Waals surface area (Å²) in [6.07, 6.45) is 0.864. The van der Waals surface area contributed by atoms with Crippen LogP contribution in [0.25, 0.3) is 0 Å². The molecule has 0 aliphatic heterocycles. The number of rotatable bonds is 2. The second kappa shape index (κ2) is 5.47. The summed E-state index contributed by atoms with van der Waals surface area (Å²) >= 11 is 6.16. The first-order valence-corrected chi connectivity index (χ1v) is 7.30. The Hall–Kier alpha value is -1.51. The van der Waals surface area contributed by atoms with Crippen molar-refractivity contribution in [2.24, 2.45) is 5.73 Å². The Balaban J connectivity index is 1.88. The van der Waals surface area contributed by atoms with Crippen LogP contribution in [0.3, 0.4) is 0 Å². The normalized spacial score (nSPS) is 25.1. The SMILES string of the molecule is CC1CC(Oc2ccccc2Cl)C(N)c2ccccc21. The van der Waals surface area contributed by atoms with Crippen molar-refractivity contribution in [1.29, 1.82) is 0 Å². The van der Waals surface area contributed by atoms with Crippen molar-refractivity contribution in [3.63, 3.8) is 0 Å². The van der Waals surface area contributed by atoms with Crippen LogP contribution < -0.4 is 10.5 Å². The van der Waals surface area contributed by atoms with E-state index in [1.807, 2.05) is 30.3 Å². The van der Waals surface area contributed by atoms with Crippen LogP contribution in [0.15, 0.2) is 48.5 Å². The predicted octanol–water partition coefficient (Wildman–Crippen LogP) is 4.29. The third-order valence-corrected chi connectivity index (χ3v) is 4.30. The monoisotopic (exact) mass is 287 g/mol. The van der Waals surface area contributed by atoms with Crippen molar-refractivity contribution >= 4 is 11.6 Å². The van der Waals surface area contributed by atoms with E-state index in [0.717, 1.165) is 6.42 Å². The molecule has 2 aromatic carbocycles. The fraction of sp³-hybridized carbons (Fsp3) is 0.294. The molecule has 104 valence electrons. The van der Waals surface area contributed by atoms with E-state index in [1.165, 1.54) is 11.1 Å². The molecule has 0 bridgehead atoms. The van der Waals surface area contributed by atoms with Crippen molar-refractivity contribution in [3.8, 4) is 5.75 Å². The second-order valence-corrected chi connectivity index (χ2v) is 5.79. The van der Waals surface area contributed by atoms with Crippen LogP contribution >= 0.6 is 11.6 Å². The molecule has 0 saturated carbocycles. The summed E-state index contributed by atoms with van der Waals surface area (Å²) in [4.78, 5) is 0. The van der Waals surface area contributed by atoms with Gasteiger partial charge in [-0.05, 0) is 35.6 Å². The fourth-order valence-electron chi connectivity index (χ4n) is 2.91. The summed E-state index contributed by atoms with van der Waals surface area (Å²) in [6, 6.07) is 15.8. The number of hydrogen-bond donors (Lipinski definition) is 1. The number of benzene rings is 2.